The number of nitrogens with one attached hydrogen (secondary N) is 2. The molecule has 4 N–H and O–H groups in total. The molecule has 6 rings (SSSR count). The second-order valence-electron chi connectivity index (χ2n) is 8.82. The number of methoxy groups -OCH3 is 1. The Hall–Kier alpha value is -4.38. The maximum absolute atomic E-state index is 9.00. The fraction of sp³-hybridized carbons (Fsp3) is 0.308. The minimum atomic E-state index is -0.833. The van der Waals surface area contributed by atoms with Gasteiger partial charge in [0.2, 0.25) is 0 Å². The Kier molecular flexibility index (Phi) is 7.44. The quantitative estimate of drug-likeness (QED) is 0.290. The number of carboxylic acids is 2. The van der Waals surface area contributed by atoms with Gasteiger partial charge in [0.05, 0.1) is 36.2 Å². The fourth-order valence-corrected chi connectivity index (χ4v) is 4.59. The minimum Gasteiger partial charge on any atom is -0.497 e. The molecule has 1 aliphatic heterocycles. The number of benzene rings is 1. The van der Waals surface area contributed by atoms with E-state index in [4.69, 9.17) is 29.5 Å². The number of ether oxygens (including phenoxy) is 1. The van der Waals surface area contributed by atoms with E-state index in [1.54, 1.807) is 7.11 Å². The molecular formula is C26H30N6O5. The first-order chi connectivity index (χ1) is 17.7. The van der Waals surface area contributed by atoms with E-state index in [0.29, 0.717) is 5.92 Å². The molecule has 0 radical (unpaired) electrons. The number of carbonyl (C=O) groups is 2. The Morgan fingerprint density at radius 2 is 1.78 bits per heavy atom. The summed E-state index contributed by atoms with van der Waals surface area (Å²) in [6.07, 6.45) is 7.09. The third-order valence-corrected chi connectivity index (χ3v) is 6.07. The van der Waals surface area contributed by atoms with E-state index in [1.807, 2.05) is 18.5 Å². The summed E-state index contributed by atoms with van der Waals surface area (Å²) in [6, 6.07) is 8.37. The van der Waals surface area contributed by atoms with Gasteiger partial charge in [0, 0.05) is 56.0 Å². The van der Waals surface area contributed by atoms with Gasteiger partial charge in [-0.05, 0) is 37.2 Å². The SMILES string of the molecule is CC(=O)O.CC(=O)O.COc1ccc2c(c1)c(-c1cc3c(ncc4cnc([C@@H]5CCNC5)n43)[nH]1)cn2C. The number of H-pyrrole nitrogens is 1. The van der Waals surface area contributed by atoms with Crippen LogP contribution in [0.25, 0.3) is 38.8 Å². The van der Waals surface area contributed by atoms with Crippen LogP contribution in [0.15, 0.2) is 42.9 Å². The number of hydrogen-bond donors (Lipinski definition) is 4. The summed E-state index contributed by atoms with van der Waals surface area (Å²) in [7, 11) is 3.77. The molecule has 5 heterocycles. The van der Waals surface area contributed by atoms with Gasteiger partial charge in [0.1, 0.15) is 11.6 Å². The molecule has 0 unspecified atom stereocenters. The molecule has 0 bridgehead atoms. The summed E-state index contributed by atoms with van der Waals surface area (Å²) in [5, 5.41) is 19.4. The van der Waals surface area contributed by atoms with Gasteiger partial charge in [-0.15, -0.1) is 0 Å². The van der Waals surface area contributed by atoms with E-state index in [-0.39, 0.29) is 0 Å². The van der Waals surface area contributed by atoms with Crippen LogP contribution in [0.4, 0.5) is 0 Å². The zero-order valence-electron chi connectivity index (χ0n) is 21.1. The lowest BCUT2D eigenvalue weighted by Crippen LogP contribution is -2.10. The molecule has 194 valence electrons. The molecule has 1 fully saturated rings. The summed E-state index contributed by atoms with van der Waals surface area (Å²) >= 11 is 0. The standard InChI is InChI=1S/C22H22N6O.2C2H4O2/c1-27-12-17(16-7-15(29-2)3-4-19(16)27)18-8-20-21(26-18)24-10-14-11-25-22(28(14)20)13-5-6-23-9-13;2*1-2(3)4/h3-4,7-8,10-13,23,26H,5-6,9H2,1-2H3;2*1H3,(H,3,4)/t13-;;/m1../s1. The summed E-state index contributed by atoms with van der Waals surface area (Å²) < 4.78 is 9.85. The van der Waals surface area contributed by atoms with E-state index in [0.717, 1.165) is 83.8 Å². The number of aliphatic carboxylic acids is 2. The van der Waals surface area contributed by atoms with Crippen molar-refractivity contribution in [3.8, 4) is 17.0 Å². The van der Waals surface area contributed by atoms with E-state index >= 15 is 0 Å². The summed E-state index contributed by atoms with van der Waals surface area (Å²) in [4.78, 5) is 30.9. The van der Waals surface area contributed by atoms with Crippen LogP contribution in [0.3, 0.4) is 0 Å². The zero-order chi connectivity index (χ0) is 26.7. The van der Waals surface area contributed by atoms with Crippen molar-refractivity contribution < 1.29 is 24.5 Å². The Bertz CT molecular complexity index is 1550. The van der Waals surface area contributed by atoms with E-state index in [1.165, 1.54) is 0 Å². The number of rotatable bonds is 3. The van der Waals surface area contributed by atoms with E-state index < -0.39 is 11.9 Å². The van der Waals surface area contributed by atoms with Crippen LogP contribution in [0.1, 0.15) is 32.0 Å². The topological polar surface area (TPSA) is 147 Å². The largest absolute Gasteiger partial charge is 0.497 e. The Morgan fingerprint density at radius 1 is 1.08 bits per heavy atom. The third-order valence-electron chi connectivity index (χ3n) is 6.07. The molecule has 0 spiro atoms. The van der Waals surface area contributed by atoms with Crippen LogP contribution in [-0.4, -0.2) is 66.3 Å². The second-order valence-corrected chi connectivity index (χ2v) is 8.82. The summed E-state index contributed by atoms with van der Waals surface area (Å²) in [5.41, 5.74) is 6.32. The van der Waals surface area contributed by atoms with Crippen molar-refractivity contribution in [1.29, 1.82) is 0 Å². The lowest BCUT2D eigenvalue weighted by Gasteiger charge is -2.08. The summed E-state index contributed by atoms with van der Waals surface area (Å²) in [5.74, 6) is 0.734. The lowest BCUT2D eigenvalue weighted by atomic mass is 10.1. The van der Waals surface area contributed by atoms with Gasteiger partial charge in [0.15, 0.2) is 5.65 Å². The highest BCUT2D eigenvalue weighted by Gasteiger charge is 2.23. The predicted molar refractivity (Wildman–Crippen MR) is 140 cm³/mol. The number of carboxylic acid groups (broad SMARTS) is 2. The van der Waals surface area contributed by atoms with E-state index in [9.17, 15) is 0 Å². The lowest BCUT2D eigenvalue weighted by molar-refractivity contribution is -0.135. The number of aromatic nitrogens is 5. The van der Waals surface area contributed by atoms with Crippen molar-refractivity contribution in [2.45, 2.75) is 26.2 Å². The van der Waals surface area contributed by atoms with Gasteiger partial charge in [0.25, 0.3) is 11.9 Å². The number of aryl methyl sites for hydroxylation is 1. The molecular weight excluding hydrogens is 476 g/mol. The molecule has 37 heavy (non-hydrogen) atoms. The van der Waals surface area contributed by atoms with Crippen molar-refractivity contribution >= 4 is 39.5 Å². The first-order valence-electron chi connectivity index (χ1n) is 11.8. The van der Waals surface area contributed by atoms with Crippen LogP contribution in [0.5, 0.6) is 5.75 Å². The number of aromatic amines is 1. The maximum atomic E-state index is 9.00. The molecule has 1 aromatic carbocycles. The normalized spacial score (nSPS) is 14.8. The molecule has 0 saturated carbocycles. The molecule has 5 aromatic rings. The van der Waals surface area contributed by atoms with Crippen LogP contribution in [0, 0.1) is 0 Å². The average molecular weight is 507 g/mol. The average Bonchev–Trinajstić information content (AvgIpc) is 3.62. The summed E-state index contributed by atoms with van der Waals surface area (Å²) in [6.45, 7) is 4.19. The van der Waals surface area contributed by atoms with Gasteiger partial charge >= 0.3 is 0 Å². The molecule has 11 nitrogen and oxygen atoms in total. The molecule has 1 saturated heterocycles. The smallest absolute Gasteiger partial charge is 0.300 e. The number of fused-ring (bicyclic) bond motifs is 4. The first-order valence-corrected chi connectivity index (χ1v) is 11.8. The predicted octanol–water partition coefficient (Wildman–Crippen LogP) is 3.64. The monoisotopic (exact) mass is 506 g/mol. The van der Waals surface area contributed by atoms with Crippen molar-refractivity contribution in [2.24, 2.45) is 7.05 Å². The zero-order valence-corrected chi connectivity index (χ0v) is 21.1. The van der Waals surface area contributed by atoms with Crippen molar-refractivity contribution in [2.75, 3.05) is 20.2 Å². The molecule has 1 aliphatic rings. The van der Waals surface area contributed by atoms with Crippen LogP contribution >= 0.6 is 0 Å². The molecule has 0 aliphatic carbocycles. The van der Waals surface area contributed by atoms with Gasteiger partial charge in [-0.2, -0.15) is 0 Å². The van der Waals surface area contributed by atoms with E-state index in [2.05, 4.69) is 55.7 Å². The number of imidazole rings is 1. The van der Waals surface area contributed by atoms with Crippen molar-refractivity contribution in [3.63, 3.8) is 0 Å². The number of hydrogen-bond acceptors (Lipinski definition) is 6. The van der Waals surface area contributed by atoms with Crippen LogP contribution in [0.2, 0.25) is 0 Å². The highest BCUT2D eigenvalue weighted by atomic mass is 16.5. The minimum absolute atomic E-state index is 0.434. The first kappa shape index (κ1) is 25.7. The number of nitrogens with zero attached hydrogens (tertiary/aromatic N) is 4. The Labute approximate surface area is 212 Å². The van der Waals surface area contributed by atoms with Crippen LogP contribution < -0.4 is 10.1 Å². The molecule has 1 atom stereocenters. The highest BCUT2D eigenvalue weighted by molar-refractivity contribution is 5.98. The highest BCUT2D eigenvalue weighted by Crippen LogP contribution is 2.34. The maximum Gasteiger partial charge on any atom is 0.300 e. The third kappa shape index (κ3) is 5.41. The Balaban J connectivity index is 0.000000355. The van der Waals surface area contributed by atoms with Crippen molar-refractivity contribution in [1.82, 2.24) is 29.2 Å². The van der Waals surface area contributed by atoms with Gasteiger partial charge in [-0.25, -0.2) is 9.97 Å². The van der Waals surface area contributed by atoms with Gasteiger partial charge < -0.3 is 29.8 Å². The fourth-order valence-electron chi connectivity index (χ4n) is 4.59. The van der Waals surface area contributed by atoms with Gasteiger partial charge in [-0.3, -0.25) is 14.0 Å². The van der Waals surface area contributed by atoms with Gasteiger partial charge in [-0.1, -0.05) is 0 Å². The molecule has 0 amide bonds. The second kappa shape index (κ2) is 10.7. The van der Waals surface area contributed by atoms with Crippen molar-refractivity contribution in [3.05, 3.63) is 48.7 Å². The Morgan fingerprint density at radius 3 is 2.43 bits per heavy atom. The van der Waals surface area contributed by atoms with Crippen LogP contribution in [-0.2, 0) is 16.6 Å². The molecule has 11 heteroatoms. The molecule has 4 aromatic heterocycles.